The standard InChI is InChI=1S/C16H23F3N4O3/c1-4-26-12(24)9-20-15(25)13-10(2)23(21-14(13)16(17,18)19)11-5-7-22(3)8-6-11/h11H,4-9H2,1-3H3,(H,20,25). The first-order valence-corrected chi connectivity index (χ1v) is 8.43. The van der Waals surface area contributed by atoms with E-state index in [0.29, 0.717) is 12.8 Å². The number of esters is 1. The van der Waals surface area contributed by atoms with Gasteiger partial charge in [0.1, 0.15) is 6.54 Å². The average molecular weight is 376 g/mol. The third-order valence-electron chi connectivity index (χ3n) is 4.38. The zero-order valence-electron chi connectivity index (χ0n) is 15.0. The molecule has 0 aromatic carbocycles. The maximum Gasteiger partial charge on any atom is 0.435 e. The van der Waals surface area contributed by atoms with Crippen molar-refractivity contribution in [1.82, 2.24) is 20.0 Å². The lowest BCUT2D eigenvalue weighted by atomic mass is 10.1. The first-order chi connectivity index (χ1) is 12.1. The molecule has 10 heteroatoms. The van der Waals surface area contributed by atoms with Gasteiger partial charge in [-0.3, -0.25) is 14.3 Å². The summed E-state index contributed by atoms with van der Waals surface area (Å²) >= 11 is 0. The Labute approximate surface area is 149 Å². The SMILES string of the molecule is CCOC(=O)CNC(=O)c1c(C(F)(F)F)nn(C2CCN(C)CC2)c1C. The maximum atomic E-state index is 13.4. The summed E-state index contributed by atoms with van der Waals surface area (Å²) in [6.07, 6.45) is -3.46. The molecule has 1 aliphatic rings. The number of nitrogens with one attached hydrogen (secondary N) is 1. The molecule has 7 nitrogen and oxygen atoms in total. The van der Waals surface area contributed by atoms with Crippen molar-refractivity contribution in [2.24, 2.45) is 0 Å². The molecule has 0 aliphatic carbocycles. The van der Waals surface area contributed by atoms with Gasteiger partial charge in [0.15, 0.2) is 5.69 Å². The van der Waals surface area contributed by atoms with E-state index in [1.165, 1.54) is 11.6 Å². The second kappa shape index (κ2) is 8.07. The summed E-state index contributed by atoms with van der Waals surface area (Å²) in [6, 6.07) is -0.195. The van der Waals surface area contributed by atoms with Crippen LogP contribution < -0.4 is 5.32 Å². The third kappa shape index (κ3) is 4.54. The van der Waals surface area contributed by atoms with Gasteiger partial charge in [-0.2, -0.15) is 18.3 Å². The van der Waals surface area contributed by atoms with Crippen LogP contribution in [0, 0.1) is 6.92 Å². The molecule has 146 valence electrons. The number of halogens is 3. The fraction of sp³-hybridized carbons (Fsp3) is 0.688. The summed E-state index contributed by atoms with van der Waals surface area (Å²) in [4.78, 5) is 25.7. The smallest absolute Gasteiger partial charge is 0.435 e. The quantitative estimate of drug-likeness (QED) is 0.793. The molecule has 2 rings (SSSR count). The van der Waals surface area contributed by atoms with Crippen molar-refractivity contribution < 1.29 is 27.5 Å². The van der Waals surface area contributed by atoms with Gasteiger partial charge >= 0.3 is 12.1 Å². The first kappa shape index (κ1) is 20.2. The maximum absolute atomic E-state index is 13.4. The van der Waals surface area contributed by atoms with Crippen molar-refractivity contribution in [3.05, 3.63) is 17.0 Å². The Morgan fingerprint density at radius 3 is 2.46 bits per heavy atom. The van der Waals surface area contributed by atoms with Crippen LogP contribution in [0.15, 0.2) is 0 Å². The fourth-order valence-electron chi connectivity index (χ4n) is 3.04. The molecule has 1 amide bonds. The van der Waals surface area contributed by atoms with E-state index in [1.54, 1.807) is 6.92 Å². The zero-order valence-corrected chi connectivity index (χ0v) is 15.0. The van der Waals surface area contributed by atoms with Crippen molar-refractivity contribution in [3.63, 3.8) is 0 Å². The summed E-state index contributed by atoms with van der Waals surface area (Å²) in [5.74, 6) is -1.70. The molecule has 1 N–H and O–H groups in total. The number of carbonyl (C=O) groups is 2. The Morgan fingerprint density at radius 1 is 1.31 bits per heavy atom. The van der Waals surface area contributed by atoms with Crippen LogP contribution in [0.2, 0.25) is 0 Å². The molecule has 0 unspecified atom stereocenters. The Morgan fingerprint density at radius 2 is 1.92 bits per heavy atom. The largest absolute Gasteiger partial charge is 0.465 e. The fourth-order valence-corrected chi connectivity index (χ4v) is 3.04. The van der Waals surface area contributed by atoms with Crippen LogP contribution in [0.25, 0.3) is 0 Å². The van der Waals surface area contributed by atoms with E-state index in [1.807, 2.05) is 7.05 Å². The van der Waals surface area contributed by atoms with Gasteiger partial charge in [-0.25, -0.2) is 0 Å². The number of hydrogen-bond donors (Lipinski definition) is 1. The monoisotopic (exact) mass is 376 g/mol. The Hall–Kier alpha value is -2.10. The van der Waals surface area contributed by atoms with Crippen LogP contribution in [0.1, 0.15) is 47.6 Å². The van der Waals surface area contributed by atoms with Gasteiger partial charge in [0, 0.05) is 5.69 Å². The molecule has 0 radical (unpaired) electrons. The van der Waals surface area contributed by atoms with Gasteiger partial charge in [0.05, 0.1) is 18.2 Å². The zero-order chi connectivity index (χ0) is 19.5. The number of hydrogen-bond acceptors (Lipinski definition) is 5. The third-order valence-corrected chi connectivity index (χ3v) is 4.38. The Bertz CT molecular complexity index is 664. The normalized spacial score (nSPS) is 16.5. The number of rotatable bonds is 5. The van der Waals surface area contributed by atoms with Crippen molar-refractivity contribution >= 4 is 11.9 Å². The van der Waals surface area contributed by atoms with Crippen LogP contribution in [-0.2, 0) is 15.7 Å². The summed E-state index contributed by atoms with van der Waals surface area (Å²) in [5, 5.41) is 5.90. The lowest BCUT2D eigenvalue weighted by molar-refractivity contribution is -0.142. The second-order valence-corrected chi connectivity index (χ2v) is 6.27. The molecular weight excluding hydrogens is 353 g/mol. The molecule has 1 aromatic rings. The lowest BCUT2D eigenvalue weighted by Gasteiger charge is -2.29. The van der Waals surface area contributed by atoms with Crippen LogP contribution in [0.3, 0.4) is 0 Å². The summed E-state index contributed by atoms with van der Waals surface area (Å²) in [6.45, 7) is 4.15. The van der Waals surface area contributed by atoms with Crippen molar-refractivity contribution in [3.8, 4) is 0 Å². The van der Waals surface area contributed by atoms with E-state index in [0.717, 1.165) is 13.1 Å². The van der Waals surface area contributed by atoms with Crippen LogP contribution in [0.4, 0.5) is 13.2 Å². The number of ether oxygens (including phenoxy) is 1. The number of likely N-dealkylation sites (tertiary alicyclic amines) is 1. The topological polar surface area (TPSA) is 76.5 Å². The van der Waals surface area contributed by atoms with Gasteiger partial charge in [0.25, 0.3) is 5.91 Å². The van der Waals surface area contributed by atoms with Crippen LogP contribution >= 0.6 is 0 Å². The molecule has 1 aromatic heterocycles. The number of aromatic nitrogens is 2. The van der Waals surface area contributed by atoms with E-state index in [4.69, 9.17) is 0 Å². The predicted molar refractivity (Wildman–Crippen MR) is 86.7 cm³/mol. The van der Waals surface area contributed by atoms with Gasteiger partial charge in [-0.15, -0.1) is 0 Å². The molecule has 0 atom stereocenters. The number of nitrogens with zero attached hydrogens (tertiary/aromatic N) is 3. The van der Waals surface area contributed by atoms with E-state index in [-0.39, 0.29) is 18.3 Å². The van der Waals surface area contributed by atoms with Crippen molar-refractivity contribution in [1.29, 1.82) is 0 Å². The summed E-state index contributed by atoms with van der Waals surface area (Å²) in [5.41, 5.74) is -1.62. The Balaban J connectivity index is 2.28. The molecule has 0 spiro atoms. The summed E-state index contributed by atoms with van der Waals surface area (Å²) < 4.78 is 46.2. The van der Waals surface area contributed by atoms with E-state index >= 15 is 0 Å². The average Bonchev–Trinajstić information content (AvgIpc) is 2.91. The highest BCUT2D eigenvalue weighted by molar-refractivity contribution is 5.98. The van der Waals surface area contributed by atoms with Gasteiger partial charge in [0.2, 0.25) is 0 Å². The van der Waals surface area contributed by atoms with E-state index < -0.39 is 35.9 Å². The van der Waals surface area contributed by atoms with Gasteiger partial charge < -0.3 is 15.0 Å². The number of carbonyl (C=O) groups excluding carboxylic acids is 2. The van der Waals surface area contributed by atoms with E-state index in [9.17, 15) is 22.8 Å². The van der Waals surface area contributed by atoms with Crippen LogP contribution in [0.5, 0.6) is 0 Å². The molecular formula is C16H23F3N4O3. The minimum absolute atomic E-state index is 0.121. The number of piperidine rings is 1. The highest BCUT2D eigenvalue weighted by atomic mass is 19.4. The lowest BCUT2D eigenvalue weighted by Crippen LogP contribution is -2.33. The molecule has 0 saturated carbocycles. The molecule has 0 bridgehead atoms. The molecule has 1 fully saturated rings. The van der Waals surface area contributed by atoms with Crippen LogP contribution in [-0.4, -0.2) is 59.8 Å². The molecule has 26 heavy (non-hydrogen) atoms. The molecule has 1 aliphatic heterocycles. The minimum atomic E-state index is -4.77. The Kier molecular flexibility index (Phi) is 6.27. The molecule has 1 saturated heterocycles. The number of alkyl halides is 3. The van der Waals surface area contributed by atoms with Gasteiger partial charge in [-0.05, 0) is 46.8 Å². The highest BCUT2D eigenvalue weighted by Gasteiger charge is 2.41. The number of amides is 1. The van der Waals surface area contributed by atoms with Gasteiger partial charge in [-0.1, -0.05) is 0 Å². The second-order valence-electron chi connectivity index (χ2n) is 6.27. The molecule has 2 heterocycles. The minimum Gasteiger partial charge on any atom is -0.465 e. The van der Waals surface area contributed by atoms with Crippen molar-refractivity contribution in [2.75, 3.05) is 33.3 Å². The first-order valence-electron chi connectivity index (χ1n) is 8.43. The predicted octanol–water partition coefficient (Wildman–Crippen LogP) is 1.77. The highest BCUT2D eigenvalue weighted by Crippen LogP contribution is 2.34. The summed E-state index contributed by atoms with van der Waals surface area (Å²) in [7, 11) is 1.95. The van der Waals surface area contributed by atoms with Crippen molar-refractivity contribution in [2.45, 2.75) is 38.9 Å². The van der Waals surface area contributed by atoms with E-state index in [2.05, 4.69) is 20.1 Å².